The maximum absolute atomic E-state index is 11.4. The average Bonchev–Trinajstić information content (AvgIpc) is 2.46. The van der Waals surface area contributed by atoms with Gasteiger partial charge in [0.25, 0.3) is 0 Å². The van der Waals surface area contributed by atoms with E-state index in [0.717, 1.165) is 25.7 Å². The van der Waals surface area contributed by atoms with Crippen LogP contribution in [0.15, 0.2) is 0 Å². The van der Waals surface area contributed by atoms with Gasteiger partial charge in [-0.2, -0.15) is 0 Å². The molecule has 0 atom stereocenters. The van der Waals surface area contributed by atoms with Gasteiger partial charge in [0.15, 0.2) is 6.29 Å². The number of rotatable bonds is 16. The number of hydrogen-bond donors (Lipinski definition) is 0. The number of esters is 1. The molecule has 0 aromatic heterocycles. The topological polar surface area (TPSA) is 44.8 Å². The van der Waals surface area contributed by atoms with Gasteiger partial charge < -0.3 is 14.2 Å². The van der Waals surface area contributed by atoms with E-state index in [4.69, 9.17) is 14.2 Å². The van der Waals surface area contributed by atoms with Gasteiger partial charge in [0.05, 0.1) is 18.3 Å². The molecule has 0 aliphatic heterocycles. The number of unbranched alkanes of at least 4 members (excludes halogenated alkanes) is 7. The van der Waals surface area contributed by atoms with Gasteiger partial charge in [0.1, 0.15) is 0 Å². The van der Waals surface area contributed by atoms with E-state index in [1.165, 1.54) is 32.1 Å². The summed E-state index contributed by atoms with van der Waals surface area (Å²) in [4.78, 5) is 11.4. The average molecular weight is 359 g/mol. The molecule has 0 aromatic carbocycles. The standard InChI is InChI=1S/C21H42O4/c1-17(2)23-20(22)15-13-11-9-7-8-10-12-14-16-21(24-18(3)4)25-19(5)6/h17-19,21H,7-16H2,1-6H3. The lowest BCUT2D eigenvalue weighted by Gasteiger charge is -2.23. The van der Waals surface area contributed by atoms with Gasteiger partial charge in [-0.1, -0.05) is 38.5 Å². The molecule has 0 bridgehead atoms. The zero-order valence-electron chi connectivity index (χ0n) is 17.5. The molecule has 0 amide bonds. The van der Waals surface area contributed by atoms with E-state index >= 15 is 0 Å². The van der Waals surface area contributed by atoms with Crippen LogP contribution in [-0.4, -0.2) is 30.6 Å². The molecule has 25 heavy (non-hydrogen) atoms. The molecule has 0 aromatic rings. The first-order chi connectivity index (χ1) is 11.8. The Balaban J connectivity index is 3.49. The highest BCUT2D eigenvalue weighted by molar-refractivity contribution is 5.69. The minimum atomic E-state index is -0.0643. The van der Waals surface area contributed by atoms with Crippen LogP contribution in [0.4, 0.5) is 0 Å². The largest absolute Gasteiger partial charge is 0.463 e. The van der Waals surface area contributed by atoms with Crippen LogP contribution in [0.25, 0.3) is 0 Å². The molecule has 0 aliphatic carbocycles. The number of carbonyl (C=O) groups excluding carboxylic acids is 1. The first-order valence-electron chi connectivity index (χ1n) is 10.3. The van der Waals surface area contributed by atoms with E-state index in [-0.39, 0.29) is 30.6 Å². The lowest BCUT2D eigenvalue weighted by Crippen LogP contribution is -2.24. The molecule has 0 saturated heterocycles. The maximum atomic E-state index is 11.4. The summed E-state index contributed by atoms with van der Waals surface area (Å²) >= 11 is 0. The van der Waals surface area contributed by atoms with Crippen molar-refractivity contribution in [1.29, 1.82) is 0 Å². The van der Waals surface area contributed by atoms with E-state index < -0.39 is 0 Å². The van der Waals surface area contributed by atoms with Crippen LogP contribution < -0.4 is 0 Å². The molecule has 0 aliphatic rings. The smallest absolute Gasteiger partial charge is 0.306 e. The molecule has 4 heteroatoms. The van der Waals surface area contributed by atoms with Crippen molar-refractivity contribution < 1.29 is 19.0 Å². The molecule has 150 valence electrons. The second-order valence-electron chi connectivity index (χ2n) is 7.70. The van der Waals surface area contributed by atoms with E-state index in [1.807, 2.05) is 13.8 Å². The first kappa shape index (κ1) is 24.4. The van der Waals surface area contributed by atoms with E-state index in [9.17, 15) is 4.79 Å². The predicted molar refractivity (Wildman–Crippen MR) is 104 cm³/mol. The fourth-order valence-electron chi connectivity index (χ4n) is 2.74. The normalized spacial score (nSPS) is 11.9. The molecule has 0 rings (SSSR count). The van der Waals surface area contributed by atoms with Crippen LogP contribution >= 0.6 is 0 Å². The summed E-state index contributed by atoms with van der Waals surface area (Å²) in [5.74, 6) is -0.0585. The van der Waals surface area contributed by atoms with E-state index in [2.05, 4.69) is 27.7 Å². The van der Waals surface area contributed by atoms with Gasteiger partial charge in [-0.15, -0.1) is 0 Å². The first-order valence-corrected chi connectivity index (χ1v) is 10.3. The second kappa shape index (κ2) is 15.6. The highest BCUT2D eigenvalue weighted by Crippen LogP contribution is 2.15. The van der Waals surface area contributed by atoms with Crippen LogP contribution in [0.3, 0.4) is 0 Å². The summed E-state index contributed by atoms with van der Waals surface area (Å²) < 4.78 is 16.8. The molecule has 0 spiro atoms. The maximum Gasteiger partial charge on any atom is 0.306 e. The fourth-order valence-corrected chi connectivity index (χ4v) is 2.74. The highest BCUT2D eigenvalue weighted by atomic mass is 16.7. The molecular formula is C21H42O4. The van der Waals surface area contributed by atoms with Gasteiger partial charge in [-0.25, -0.2) is 0 Å². The van der Waals surface area contributed by atoms with Crippen molar-refractivity contribution >= 4 is 5.97 Å². The van der Waals surface area contributed by atoms with Crippen LogP contribution in [0.1, 0.15) is 106 Å². The Labute approximate surface area is 156 Å². The zero-order chi connectivity index (χ0) is 19.1. The number of hydrogen-bond acceptors (Lipinski definition) is 4. The van der Waals surface area contributed by atoms with Crippen molar-refractivity contribution in [1.82, 2.24) is 0 Å². The Kier molecular flexibility index (Phi) is 15.2. The van der Waals surface area contributed by atoms with E-state index in [0.29, 0.717) is 6.42 Å². The van der Waals surface area contributed by atoms with Crippen molar-refractivity contribution in [3.8, 4) is 0 Å². The monoisotopic (exact) mass is 358 g/mol. The summed E-state index contributed by atoms with van der Waals surface area (Å²) in [5.41, 5.74) is 0. The van der Waals surface area contributed by atoms with Gasteiger partial charge in [-0.3, -0.25) is 4.79 Å². The Morgan fingerprint density at radius 3 is 1.52 bits per heavy atom. The van der Waals surface area contributed by atoms with Crippen molar-refractivity contribution in [2.45, 2.75) is 130 Å². The molecule has 0 N–H and O–H groups in total. The second-order valence-corrected chi connectivity index (χ2v) is 7.70. The van der Waals surface area contributed by atoms with Gasteiger partial charge >= 0.3 is 5.97 Å². The number of ether oxygens (including phenoxy) is 3. The Morgan fingerprint density at radius 2 is 1.08 bits per heavy atom. The third-order valence-electron chi connectivity index (χ3n) is 3.79. The van der Waals surface area contributed by atoms with Crippen molar-refractivity contribution in [2.75, 3.05) is 0 Å². The summed E-state index contributed by atoms with van der Waals surface area (Å²) in [6.07, 6.45) is 11.4. The Hall–Kier alpha value is -0.610. The molecular weight excluding hydrogens is 316 g/mol. The van der Waals surface area contributed by atoms with E-state index in [1.54, 1.807) is 0 Å². The lowest BCUT2D eigenvalue weighted by molar-refractivity contribution is -0.184. The summed E-state index contributed by atoms with van der Waals surface area (Å²) in [6.45, 7) is 12.0. The van der Waals surface area contributed by atoms with Crippen LogP contribution in [0.5, 0.6) is 0 Å². The third-order valence-corrected chi connectivity index (χ3v) is 3.79. The molecule has 0 radical (unpaired) electrons. The molecule has 0 saturated carbocycles. The highest BCUT2D eigenvalue weighted by Gasteiger charge is 2.12. The summed E-state index contributed by atoms with van der Waals surface area (Å²) in [7, 11) is 0. The molecule has 4 nitrogen and oxygen atoms in total. The Morgan fingerprint density at radius 1 is 0.640 bits per heavy atom. The fraction of sp³-hybridized carbons (Fsp3) is 0.952. The van der Waals surface area contributed by atoms with Gasteiger partial charge in [-0.05, 0) is 60.8 Å². The summed E-state index contributed by atoms with van der Waals surface area (Å²) in [6, 6.07) is 0. The molecule has 0 heterocycles. The minimum absolute atomic E-state index is 0.00368. The van der Waals surface area contributed by atoms with Crippen LogP contribution in [0, 0.1) is 0 Å². The van der Waals surface area contributed by atoms with Gasteiger partial charge in [0.2, 0.25) is 0 Å². The summed E-state index contributed by atoms with van der Waals surface area (Å²) in [5, 5.41) is 0. The van der Waals surface area contributed by atoms with Crippen molar-refractivity contribution in [2.24, 2.45) is 0 Å². The molecule has 0 unspecified atom stereocenters. The van der Waals surface area contributed by atoms with Crippen molar-refractivity contribution in [3.63, 3.8) is 0 Å². The zero-order valence-corrected chi connectivity index (χ0v) is 17.5. The molecule has 0 fully saturated rings. The SMILES string of the molecule is CC(C)OC(=O)CCCCCCCCCCC(OC(C)C)OC(C)C. The third kappa shape index (κ3) is 18.0. The Bertz CT molecular complexity index is 303. The number of carbonyl (C=O) groups is 1. The minimum Gasteiger partial charge on any atom is -0.463 e. The van der Waals surface area contributed by atoms with Crippen molar-refractivity contribution in [3.05, 3.63) is 0 Å². The lowest BCUT2D eigenvalue weighted by atomic mass is 10.1. The van der Waals surface area contributed by atoms with Gasteiger partial charge in [0, 0.05) is 6.42 Å². The quantitative estimate of drug-likeness (QED) is 0.192. The van der Waals surface area contributed by atoms with Crippen LogP contribution in [0.2, 0.25) is 0 Å². The predicted octanol–water partition coefficient (Wildman–Crippen LogP) is 6.02. The van der Waals surface area contributed by atoms with Crippen LogP contribution in [-0.2, 0) is 19.0 Å².